The number of benzene rings is 1. The lowest BCUT2D eigenvalue weighted by Crippen LogP contribution is -2.45. The van der Waals surface area contributed by atoms with E-state index in [9.17, 15) is 13.2 Å². The van der Waals surface area contributed by atoms with Crippen molar-refractivity contribution in [1.82, 2.24) is 9.62 Å². The maximum absolute atomic E-state index is 12.9. The van der Waals surface area contributed by atoms with Crippen LogP contribution in [0.4, 0.5) is 0 Å². The minimum absolute atomic E-state index is 0.0239. The molecular formula is C17H26N2O4S. The predicted octanol–water partition coefficient (Wildman–Crippen LogP) is 1.69. The third-order valence-electron chi connectivity index (χ3n) is 4.28. The molecule has 7 heteroatoms. The molecule has 1 atom stereocenters. The largest absolute Gasteiger partial charge is 0.375 e. The van der Waals surface area contributed by atoms with E-state index in [1.165, 1.54) is 7.11 Å². The summed E-state index contributed by atoms with van der Waals surface area (Å²) in [5.41, 5.74) is 1.03. The second-order valence-corrected chi connectivity index (χ2v) is 8.04. The number of piperidine rings is 1. The summed E-state index contributed by atoms with van der Waals surface area (Å²) >= 11 is 0. The van der Waals surface area contributed by atoms with E-state index in [-0.39, 0.29) is 18.6 Å². The molecule has 0 radical (unpaired) electrons. The Bertz CT molecular complexity index is 643. The Kier molecular flexibility index (Phi) is 6.77. The second kappa shape index (κ2) is 8.60. The fourth-order valence-electron chi connectivity index (χ4n) is 2.98. The van der Waals surface area contributed by atoms with Crippen molar-refractivity contribution in [2.45, 2.75) is 43.5 Å². The van der Waals surface area contributed by atoms with Gasteiger partial charge in [0.15, 0.2) is 0 Å². The molecule has 1 aliphatic rings. The van der Waals surface area contributed by atoms with Gasteiger partial charge in [-0.1, -0.05) is 24.1 Å². The van der Waals surface area contributed by atoms with Crippen molar-refractivity contribution in [3.8, 4) is 0 Å². The minimum Gasteiger partial charge on any atom is -0.375 e. The van der Waals surface area contributed by atoms with E-state index in [1.54, 1.807) is 16.4 Å². The fourth-order valence-corrected chi connectivity index (χ4v) is 4.71. The molecule has 6 nitrogen and oxygen atoms in total. The summed E-state index contributed by atoms with van der Waals surface area (Å²) in [4.78, 5) is 11.8. The standard InChI is InChI=1S/C17H26N2O4S/c1-14-6-8-16(9-7-14)24(21,22)19-12-4-3-5-15(19)10-11-18-17(20)13-23-2/h6-9,15H,3-5,10-13H2,1-2H3,(H,18,20). The lowest BCUT2D eigenvalue weighted by molar-refractivity contribution is -0.124. The van der Waals surface area contributed by atoms with Gasteiger partial charge in [0.25, 0.3) is 0 Å². The van der Waals surface area contributed by atoms with Crippen molar-refractivity contribution < 1.29 is 17.9 Å². The number of ether oxygens (including phenoxy) is 1. The van der Waals surface area contributed by atoms with Crippen LogP contribution in [-0.4, -0.2) is 51.5 Å². The molecule has 134 valence electrons. The van der Waals surface area contributed by atoms with Gasteiger partial charge in [0.2, 0.25) is 15.9 Å². The molecular weight excluding hydrogens is 328 g/mol. The van der Waals surface area contributed by atoms with Gasteiger partial charge in [0.05, 0.1) is 4.90 Å². The minimum atomic E-state index is -3.49. The monoisotopic (exact) mass is 354 g/mol. The first-order chi connectivity index (χ1) is 11.4. The van der Waals surface area contributed by atoms with Gasteiger partial charge in [-0.05, 0) is 38.3 Å². The molecule has 1 N–H and O–H groups in total. The number of amides is 1. The normalized spacial score (nSPS) is 19.2. The molecule has 24 heavy (non-hydrogen) atoms. The summed E-state index contributed by atoms with van der Waals surface area (Å²) in [6, 6.07) is 6.88. The number of nitrogens with one attached hydrogen (secondary N) is 1. The number of rotatable bonds is 7. The van der Waals surface area contributed by atoms with Crippen molar-refractivity contribution in [3.05, 3.63) is 29.8 Å². The van der Waals surface area contributed by atoms with Gasteiger partial charge in [0, 0.05) is 26.2 Å². The number of nitrogens with zero attached hydrogens (tertiary/aromatic N) is 1. The molecule has 1 fully saturated rings. The van der Waals surface area contributed by atoms with Crippen LogP contribution in [0.25, 0.3) is 0 Å². The van der Waals surface area contributed by atoms with Crippen molar-refractivity contribution >= 4 is 15.9 Å². The van der Waals surface area contributed by atoms with E-state index >= 15 is 0 Å². The molecule has 1 amide bonds. The van der Waals surface area contributed by atoms with Gasteiger partial charge in [-0.3, -0.25) is 4.79 Å². The zero-order chi connectivity index (χ0) is 17.6. The fraction of sp³-hybridized carbons (Fsp3) is 0.588. The molecule has 1 unspecified atom stereocenters. The van der Waals surface area contributed by atoms with Crippen molar-refractivity contribution in [3.63, 3.8) is 0 Å². The van der Waals surface area contributed by atoms with Crippen LogP contribution in [-0.2, 0) is 19.6 Å². The summed E-state index contributed by atoms with van der Waals surface area (Å²) in [6.07, 6.45) is 3.32. The van der Waals surface area contributed by atoms with Crippen LogP contribution in [0.5, 0.6) is 0 Å². The molecule has 1 aliphatic heterocycles. The van der Waals surface area contributed by atoms with Crippen molar-refractivity contribution in [2.24, 2.45) is 0 Å². The first-order valence-electron chi connectivity index (χ1n) is 8.29. The molecule has 1 aromatic carbocycles. The highest BCUT2D eigenvalue weighted by atomic mass is 32.2. The van der Waals surface area contributed by atoms with Crippen LogP contribution >= 0.6 is 0 Å². The average molecular weight is 354 g/mol. The molecule has 0 aromatic heterocycles. The van der Waals surface area contributed by atoms with E-state index in [0.29, 0.717) is 24.4 Å². The van der Waals surface area contributed by atoms with Gasteiger partial charge in [-0.15, -0.1) is 0 Å². The van der Waals surface area contributed by atoms with Gasteiger partial charge in [-0.25, -0.2) is 8.42 Å². The van der Waals surface area contributed by atoms with E-state index in [0.717, 1.165) is 24.8 Å². The summed E-state index contributed by atoms with van der Waals surface area (Å²) in [5.74, 6) is -0.179. The van der Waals surface area contributed by atoms with Gasteiger partial charge in [0.1, 0.15) is 6.61 Å². The molecule has 0 saturated carbocycles. The van der Waals surface area contributed by atoms with Crippen molar-refractivity contribution in [2.75, 3.05) is 26.8 Å². The third kappa shape index (κ3) is 4.78. The quantitative estimate of drug-likeness (QED) is 0.808. The number of methoxy groups -OCH3 is 1. The van der Waals surface area contributed by atoms with E-state index < -0.39 is 10.0 Å². The maximum Gasteiger partial charge on any atom is 0.245 e. The maximum atomic E-state index is 12.9. The Balaban J connectivity index is 2.05. The second-order valence-electron chi connectivity index (χ2n) is 6.15. The van der Waals surface area contributed by atoms with Gasteiger partial charge >= 0.3 is 0 Å². The van der Waals surface area contributed by atoms with Crippen LogP contribution in [0.1, 0.15) is 31.2 Å². The highest BCUT2D eigenvalue weighted by Gasteiger charge is 2.33. The summed E-state index contributed by atoms with van der Waals surface area (Å²) in [7, 11) is -2.02. The summed E-state index contributed by atoms with van der Waals surface area (Å²) < 4.78 is 32.2. The Labute approximate surface area is 144 Å². The van der Waals surface area contributed by atoms with Crippen LogP contribution in [0.2, 0.25) is 0 Å². The molecule has 2 rings (SSSR count). The van der Waals surface area contributed by atoms with Crippen LogP contribution < -0.4 is 5.32 Å². The Hall–Kier alpha value is -1.44. The van der Waals surface area contributed by atoms with E-state index in [4.69, 9.17) is 4.74 Å². The third-order valence-corrected chi connectivity index (χ3v) is 6.24. The SMILES string of the molecule is COCC(=O)NCCC1CCCCN1S(=O)(=O)c1ccc(C)cc1. The molecule has 1 saturated heterocycles. The summed E-state index contributed by atoms with van der Waals surface area (Å²) in [5, 5.41) is 2.76. The lowest BCUT2D eigenvalue weighted by atomic mass is 10.0. The van der Waals surface area contributed by atoms with E-state index in [2.05, 4.69) is 5.32 Å². The first kappa shape index (κ1) is 18.9. The zero-order valence-electron chi connectivity index (χ0n) is 14.3. The Morgan fingerprint density at radius 2 is 2.00 bits per heavy atom. The Morgan fingerprint density at radius 1 is 1.29 bits per heavy atom. The number of hydrogen-bond acceptors (Lipinski definition) is 4. The zero-order valence-corrected chi connectivity index (χ0v) is 15.1. The highest BCUT2D eigenvalue weighted by Crippen LogP contribution is 2.27. The molecule has 0 bridgehead atoms. The molecule has 0 aliphatic carbocycles. The van der Waals surface area contributed by atoms with Crippen LogP contribution in [0, 0.1) is 6.92 Å². The number of carbonyl (C=O) groups is 1. The lowest BCUT2D eigenvalue weighted by Gasteiger charge is -2.34. The molecule has 1 aromatic rings. The predicted molar refractivity (Wildman–Crippen MR) is 92.2 cm³/mol. The van der Waals surface area contributed by atoms with E-state index in [1.807, 2.05) is 19.1 Å². The number of carbonyl (C=O) groups excluding carboxylic acids is 1. The van der Waals surface area contributed by atoms with Crippen LogP contribution in [0.3, 0.4) is 0 Å². The first-order valence-corrected chi connectivity index (χ1v) is 9.73. The average Bonchev–Trinajstić information content (AvgIpc) is 2.56. The van der Waals surface area contributed by atoms with Crippen LogP contribution in [0.15, 0.2) is 29.2 Å². The number of aryl methyl sites for hydroxylation is 1. The van der Waals surface area contributed by atoms with Gasteiger partial charge < -0.3 is 10.1 Å². The summed E-state index contributed by atoms with van der Waals surface area (Å²) in [6.45, 7) is 2.94. The van der Waals surface area contributed by atoms with Crippen molar-refractivity contribution in [1.29, 1.82) is 0 Å². The number of sulfonamides is 1. The smallest absolute Gasteiger partial charge is 0.245 e. The number of hydrogen-bond donors (Lipinski definition) is 1. The Morgan fingerprint density at radius 3 is 2.67 bits per heavy atom. The molecule has 0 spiro atoms. The highest BCUT2D eigenvalue weighted by molar-refractivity contribution is 7.89. The van der Waals surface area contributed by atoms with Gasteiger partial charge in [-0.2, -0.15) is 4.31 Å². The topological polar surface area (TPSA) is 75.7 Å². The molecule has 1 heterocycles.